The molecule has 20 nitrogen and oxygen atoms in total. The molecule has 6 amide bonds. The number of hydrogen-bond donors (Lipinski definition) is 6. The van der Waals surface area contributed by atoms with Crippen molar-refractivity contribution >= 4 is 79.3 Å². The van der Waals surface area contributed by atoms with Crippen LogP contribution in [0.4, 0.5) is 10.9 Å². The molecule has 97 heavy (non-hydrogen) atoms. The van der Waals surface area contributed by atoms with E-state index >= 15 is 0 Å². The first-order chi connectivity index (χ1) is 46.7. The van der Waals surface area contributed by atoms with Crippen LogP contribution in [-0.2, 0) is 38.7 Å². The minimum atomic E-state index is -1.17. The van der Waals surface area contributed by atoms with Crippen LogP contribution in [0.3, 0.4) is 0 Å². The maximum absolute atomic E-state index is 14.7. The molecule has 4 bridgehead atoms. The van der Waals surface area contributed by atoms with Crippen molar-refractivity contribution in [1.82, 2.24) is 50.9 Å². The van der Waals surface area contributed by atoms with Gasteiger partial charge in [-0.2, -0.15) is 10.4 Å². The number of para-hydroxylation sites is 1. The number of nitriles is 1. The summed E-state index contributed by atoms with van der Waals surface area (Å²) in [6.45, 7) is 12.3. The summed E-state index contributed by atoms with van der Waals surface area (Å²) in [7, 11) is 0. The van der Waals surface area contributed by atoms with Gasteiger partial charge >= 0.3 is 0 Å². The van der Waals surface area contributed by atoms with Crippen molar-refractivity contribution in [2.24, 2.45) is 34.0 Å². The second-order valence-corrected chi connectivity index (χ2v) is 31.5. The van der Waals surface area contributed by atoms with Crippen LogP contribution in [0.1, 0.15) is 178 Å². The predicted octanol–water partition coefficient (Wildman–Crippen LogP) is 11.6. The summed E-state index contributed by atoms with van der Waals surface area (Å²) in [6.07, 6.45) is 15.4. The molecule has 2 aliphatic heterocycles. The normalized spacial score (nSPS) is 21.9. The average molecular weight is 1350 g/mol. The molecular weight excluding hydrogens is 1260 g/mol. The number of aryl methyl sites for hydroxylation is 1. The molecule has 4 aromatic heterocycles. The van der Waals surface area contributed by atoms with E-state index in [9.17, 15) is 39.1 Å². The van der Waals surface area contributed by atoms with E-state index in [1.165, 1.54) is 66.1 Å². The van der Waals surface area contributed by atoms with Crippen molar-refractivity contribution < 1.29 is 33.9 Å². The van der Waals surface area contributed by atoms with Crippen LogP contribution in [0, 0.1) is 59.2 Å². The molecule has 14 rings (SSSR count). The Bertz CT molecular complexity index is 4090. The van der Waals surface area contributed by atoms with Crippen molar-refractivity contribution in [3.63, 3.8) is 0 Å². The van der Waals surface area contributed by atoms with Gasteiger partial charge in [0, 0.05) is 68.1 Å². The van der Waals surface area contributed by atoms with Crippen LogP contribution < -0.4 is 31.5 Å². The minimum Gasteiger partial charge on any atom is -0.391 e. The van der Waals surface area contributed by atoms with Crippen LogP contribution in [0.2, 0.25) is 0 Å². The molecule has 0 spiro atoms. The number of fused-ring (bicyclic) bond motifs is 2. The molecule has 4 atom stereocenters. The number of aliphatic hydroxyl groups is 1. The zero-order chi connectivity index (χ0) is 67.8. The van der Waals surface area contributed by atoms with Crippen LogP contribution in [-0.4, -0.2) is 115 Å². The van der Waals surface area contributed by atoms with Crippen molar-refractivity contribution in [2.75, 3.05) is 36.4 Å². The molecule has 508 valence electrons. The zero-order valence-corrected chi connectivity index (χ0v) is 57.9. The number of β-amino-alcohol motifs (C(OH)–C–C–N with tert-alkyl or cyclic N) is 1. The molecule has 22 heteroatoms. The highest BCUT2D eigenvalue weighted by molar-refractivity contribution is 7.22. The van der Waals surface area contributed by atoms with Crippen LogP contribution >= 0.6 is 22.7 Å². The molecule has 0 radical (unpaired) electrons. The lowest BCUT2D eigenvalue weighted by atomic mass is 9.49. The third kappa shape index (κ3) is 14.8. The van der Waals surface area contributed by atoms with Gasteiger partial charge in [0.1, 0.15) is 29.0 Å². The van der Waals surface area contributed by atoms with Crippen LogP contribution in [0.5, 0.6) is 0 Å². The molecule has 0 unspecified atom stereocenters. The number of likely N-dealkylation sites (tertiary alicyclic amines) is 1. The number of amides is 6. The molecule has 6 heterocycles. The summed E-state index contributed by atoms with van der Waals surface area (Å²) >= 11 is 2.97. The molecule has 5 saturated carbocycles. The monoisotopic (exact) mass is 1350 g/mol. The standard InChI is InChI=1S/C75H89N13O7S2/c1-45-65(96-44-79-45)52-21-19-51(20-22-52)59(81-68(92)60-34-53(89)40-87(60)70(94)66(73(3,4)5)84-71(95)75(42-76)26-27-75)35-63(90)77-28-12-8-6-7-9-13-29-78-69(93)64-54(56-39-80-88(46(56)2)43-74-36-47-31-48(37-74)33-49(32-47)38-74)23-24-62(83-64)86-30-25-50-15-14-16-55(57(50)41-86)67(91)85-72-82-58-17-10-11-18-61(58)97-72/h10-11,14-24,39,44,47-49,53,59-60,66,89H,6-9,12-13,25-38,40-41,43H2,1-5H3,(H,77,90)(H,78,93)(H,81,92)(H,84,95)(H,82,85,91)/t47?,48?,49?,53-,59+,60+,66-,74?/m1/s1. The van der Waals surface area contributed by atoms with Crippen molar-refractivity contribution in [3.8, 4) is 27.6 Å². The number of unbranched alkanes of at least 4 members (excludes halogenated alkanes) is 5. The van der Waals surface area contributed by atoms with Crippen molar-refractivity contribution in [2.45, 2.75) is 181 Å². The molecule has 6 fully saturated rings. The minimum absolute atomic E-state index is 0.0289. The second-order valence-electron chi connectivity index (χ2n) is 29.6. The number of nitrogens with zero attached hydrogens (tertiary/aromatic N) is 8. The molecule has 1 saturated heterocycles. The smallest absolute Gasteiger partial charge is 0.270 e. The van der Waals surface area contributed by atoms with Gasteiger partial charge in [-0.05, 0) is 166 Å². The number of anilines is 2. The Balaban J connectivity index is 0.621. The Labute approximate surface area is 575 Å². The highest BCUT2D eigenvalue weighted by Crippen LogP contribution is 2.61. The fourth-order valence-corrected chi connectivity index (χ4v) is 18.0. The Hall–Kier alpha value is -8.39. The van der Waals surface area contributed by atoms with Crippen LogP contribution in [0.25, 0.3) is 31.8 Å². The highest BCUT2D eigenvalue weighted by atomic mass is 32.1. The number of aliphatic hydroxyl groups excluding tert-OH is 1. The molecular formula is C75H89N13O7S2. The SMILES string of the molecule is Cc1ncsc1-c1ccc([C@H](CC(=O)NCCCCCCCCNC(=O)c2nc(N3CCc4cccc(C(=O)Nc5nc6ccccc6s5)c4C3)ccc2-c2cnn(CC34CC5CC(CC(C5)C3)C4)c2C)NC(=O)[C@@H]2C[C@@H](O)CN2C(=O)[C@@H](NC(=O)C2(C#N)CC2)C(C)(C)C)cc1. The molecule has 3 aromatic carbocycles. The van der Waals surface area contributed by atoms with E-state index in [2.05, 4.69) is 65.2 Å². The summed E-state index contributed by atoms with van der Waals surface area (Å²) in [5.41, 5.74) is 9.15. The van der Waals surface area contributed by atoms with Crippen molar-refractivity contribution in [1.29, 1.82) is 5.26 Å². The number of hydrogen-bond acceptors (Lipinski definition) is 15. The van der Waals surface area contributed by atoms with Gasteiger partial charge in [0.15, 0.2) is 5.13 Å². The van der Waals surface area contributed by atoms with E-state index in [1.807, 2.05) is 85.9 Å². The Morgan fingerprint density at radius 2 is 1.51 bits per heavy atom. The topological polar surface area (TPSA) is 270 Å². The molecule has 5 aliphatic carbocycles. The van der Waals surface area contributed by atoms with Gasteiger partial charge in [-0.3, -0.25) is 38.8 Å². The number of thiazole rings is 2. The number of carbonyl (C=O) groups excluding carboxylic acids is 6. The van der Waals surface area contributed by atoms with Crippen molar-refractivity contribution in [3.05, 3.63) is 130 Å². The quantitative estimate of drug-likeness (QED) is 0.0291. The lowest BCUT2D eigenvalue weighted by Crippen LogP contribution is -2.58. The Kier molecular flexibility index (Phi) is 19.5. The first kappa shape index (κ1) is 67.2. The summed E-state index contributed by atoms with van der Waals surface area (Å²) in [4.78, 5) is 103. The summed E-state index contributed by atoms with van der Waals surface area (Å²) < 4.78 is 3.20. The lowest BCUT2D eigenvalue weighted by molar-refractivity contribution is -0.144. The molecule has 7 aromatic rings. The van der Waals surface area contributed by atoms with E-state index in [4.69, 9.17) is 10.1 Å². The van der Waals surface area contributed by atoms with Gasteiger partial charge in [-0.25, -0.2) is 15.0 Å². The number of nitrogens with one attached hydrogen (secondary N) is 5. The highest BCUT2D eigenvalue weighted by Gasteiger charge is 2.54. The largest absolute Gasteiger partial charge is 0.391 e. The van der Waals surface area contributed by atoms with Crippen LogP contribution in [0.15, 0.2) is 90.6 Å². The first-order valence-electron chi connectivity index (χ1n) is 34.9. The van der Waals surface area contributed by atoms with Gasteiger partial charge in [0.05, 0.1) is 57.1 Å². The number of carbonyl (C=O) groups is 6. The van der Waals surface area contributed by atoms with E-state index in [0.717, 1.165) is 117 Å². The second kappa shape index (κ2) is 28.2. The maximum atomic E-state index is 14.7. The average Bonchev–Trinajstić information content (AvgIpc) is 1.61. The fourth-order valence-electron chi connectivity index (χ4n) is 16.4. The van der Waals surface area contributed by atoms with Gasteiger partial charge < -0.3 is 36.2 Å². The van der Waals surface area contributed by atoms with Gasteiger partial charge in [-0.1, -0.05) is 106 Å². The van der Waals surface area contributed by atoms with Gasteiger partial charge in [0.2, 0.25) is 23.6 Å². The summed E-state index contributed by atoms with van der Waals surface area (Å²) in [6, 6.07) is 24.6. The lowest BCUT2D eigenvalue weighted by Gasteiger charge is -2.56. The predicted molar refractivity (Wildman–Crippen MR) is 375 cm³/mol. The third-order valence-corrected chi connectivity index (χ3v) is 23.3. The number of aromatic nitrogens is 5. The first-order valence-corrected chi connectivity index (χ1v) is 36.5. The summed E-state index contributed by atoms with van der Waals surface area (Å²) in [5, 5.41) is 41.5. The zero-order valence-electron chi connectivity index (χ0n) is 56.3. The maximum Gasteiger partial charge on any atom is 0.270 e. The summed E-state index contributed by atoms with van der Waals surface area (Å²) in [5.74, 6) is 0.849. The van der Waals surface area contributed by atoms with E-state index in [-0.39, 0.29) is 42.5 Å². The Morgan fingerprint density at radius 3 is 2.19 bits per heavy atom. The van der Waals surface area contributed by atoms with E-state index < -0.39 is 52.8 Å². The van der Waals surface area contributed by atoms with Gasteiger partial charge in [0.25, 0.3) is 11.8 Å². The fraction of sp³-hybridized carbons (Fsp3) is 0.507. The third-order valence-electron chi connectivity index (χ3n) is 21.4. The van der Waals surface area contributed by atoms with E-state index in [0.29, 0.717) is 73.2 Å². The number of benzene rings is 3. The van der Waals surface area contributed by atoms with E-state index in [1.54, 1.807) is 26.3 Å². The van der Waals surface area contributed by atoms with Gasteiger partial charge in [-0.15, -0.1) is 11.3 Å². The number of pyridine rings is 1. The molecule has 6 N–H and O–H groups in total. The Morgan fingerprint density at radius 1 is 0.794 bits per heavy atom. The number of rotatable bonds is 25. The molecule has 7 aliphatic rings.